The number of benzene rings is 1. The molecule has 1 atom stereocenters. The summed E-state index contributed by atoms with van der Waals surface area (Å²) in [6.45, 7) is 4.64. The highest BCUT2D eigenvalue weighted by Gasteiger charge is 2.15. The van der Waals surface area contributed by atoms with Gasteiger partial charge in [-0.3, -0.25) is 4.79 Å². The van der Waals surface area contributed by atoms with E-state index in [-0.39, 0.29) is 5.91 Å². The van der Waals surface area contributed by atoms with Crippen molar-refractivity contribution in [3.63, 3.8) is 0 Å². The van der Waals surface area contributed by atoms with Crippen LogP contribution in [0.15, 0.2) is 18.2 Å². The molecule has 0 fully saturated rings. The first-order chi connectivity index (χ1) is 9.52. The Morgan fingerprint density at radius 2 is 2.30 bits per heavy atom. The molecule has 1 heterocycles. The lowest BCUT2D eigenvalue weighted by Gasteiger charge is -2.10. The van der Waals surface area contributed by atoms with Gasteiger partial charge in [0, 0.05) is 25.2 Å². The van der Waals surface area contributed by atoms with Crippen LogP contribution < -0.4 is 11.1 Å². The van der Waals surface area contributed by atoms with Crippen molar-refractivity contribution in [1.82, 2.24) is 14.9 Å². The Bertz CT molecular complexity index is 619. The van der Waals surface area contributed by atoms with Crippen LogP contribution in [0.25, 0.3) is 11.0 Å². The van der Waals surface area contributed by atoms with Crippen molar-refractivity contribution in [3.8, 4) is 0 Å². The van der Waals surface area contributed by atoms with Gasteiger partial charge in [0.15, 0.2) is 0 Å². The fourth-order valence-corrected chi connectivity index (χ4v) is 2.22. The number of hydrogen-bond donors (Lipinski definition) is 3. The van der Waals surface area contributed by atoms with Gasteiger partial charge in [0.2, 0.25) is 5.91 Å². The SMILES string of the molecule is CCNC(=O)CCn1c(C(C)O)nc2cc(N)ccc21. The predicted molar refractivity (Wildman–Crippen MR) is 78.1 cm³/mol. The van der Waals surface area contributed by atoms with Crippen LogP contribution in [-0.4, -0.2) is 27.1 Å². The van der Waals surface area contributed by atoms with Crippen LogP contribution in [0.2, 0.25) is 0 Å². The van der Waals surface area contributed by atoms with Gasteiger partial charge in [0.1, 0.15) is 11.9 Å². The Hall–Kier alpha value is -2.08. The maximum Gasteiger partial charge on any atom is 0.221 e. The first kappa shape index (κ1) is 14.3. The van der Waals surface area contributed by atoms with E-state index in [1.54, 1.807) is 19.1 Å². The molecule has 0 aliphatic rings. The van der Waals surface area contributed by atoms with E-state index in [2.05, 4.69) is 10.3 Å². The third-order valence-corrected chi connectivity index (χ3v) is 3.11. The number of fused-ring (bicyclic) bond motifs is 1. The van der Waals surface area contributed by atoms with E-state index < -0.39 is 6.10 Å². The second-order valence-corrected chi connectivity index (χ2v) is 4.75. The minimum Gasteiger partial charge on any atom is -0.399 e. The quantitative estimate of drug-likeness (QED) is 0.715. The molecule has 2 aromatic rings. The van der Waals surface area contributed by atoms with E-state index in [9.17, 15) is 9.90 Å². The fourth-order valence-electron chi connectivity index (χ4n) is 2.22. The summed E-state index contributed by atoms with van der Waals surface area (Å²) in [5, 5.41) is 12.6. The van der Waals surface area contributed by atoms with Crippen LogP contribution in [-0.2, 0) is 11.3 Å². The Morgan fingerprint density at radius 1 is 1.55 bits per heavy atom. The Balaban J connectivity index is 2.34. The average molecular weight is 276 g/mol. The summed E-state index contributed by atoms with van der Waals surface area (Å²) in [6.07, 6.45) is -0.346. The van der Waals surface area contributed by atoms with E-state index in [1.165, 1.54) is 0 Å². The third-order valence-electron chi connectivity index (χ3n) is 3.11. The molecule has 0 bridgehead atoms. The van der Waals surface area contributed by atoms with Gasteiger partial charge in [0.25, 0.3) is 0 Å². The maximum atomic E-state index is 11.6. The molecule has 2 rings (SSSR count). The number of aliphatic hydroxyl groups is 1. The predicted octanol–water partition coefficient (Wildman–Crippen LogP) is 1.20. The van der Waals surface area contributed by atoms with Gasteiger partial charge in [-0.25, -0.2) is 4.98 Å². The summed E-state index contributed by atoms with van der Waals surface area (Å²) in [5.74, 6) is 0.538. The number of imidazole rings is 1. The molecule has 6 nitrogen and oxygen atoms in total. The van der Waals surface area contributed by atoms with E-state index in [0.717, 1.165) is 11.0 Å². The number of nitrogens with zero attached hydrogens (tertiary/aromatic N) is 2. The smallest absolute Gasteiger partial charge is 0.221 e. The molecule has 6 heteroatoms. The summed E-state index contributed by atoms with van der Waals surface area (Å²) in [7, 11) is 0. The highest BCUT2D eigenvalue weighted by atomic mass is 16.3. The number of nitrogen functional groups attached to an aromatic ring is 1. The maximum absolute atomic E-state index is 11.6. The summed E-state index contributed by atoms with van der Waals surface area (Å²) in [5.41, 5.74) is 7.98. The van der Waals surface area contributed by atoms with Gasteiger partial charge in [-0.1, -0.05) is 0 Å². The number of hydrogen-bond acceptors (Lipinski definition) is 4. The molecule has 0 radical (unpaired) electrons. The number of nitrogens with two attached hydrogens (primary N) is 1. The summed E-state index contributed by atoms with van der Waals surface area (Å²) in [6, 6.07) is 5.42. The zero-order valence-electron chi connectivity index (χ0n) is 11.8. The van der Waals surface area contributed by atoms with Crippen molar-refractivity contribution in [2.45, 2.75) is 32.9 Å². The molecular weight excluding hydrogens is 256 g/mol. The molecular formula is C14H20N4O2. The average Bonchev–Trinajstić information content (AvgIpc) is 2.74. The standard InChI is InChI=1S/C14H20N4O2/c1-3-16-13(20)6-7-18-12-5-4-10(15)8-11(12)17-14(18)9(2)19/h4-5,8-9,19H,3,6-7,15H2,1-2H3,(H,16,20). The molecule has 0 saturated carbocycles. The number of carbonyl (C=O) groups excluding carboxylic acids is 1. The number of nitrogens with one attached hydrogen (secondary N) is 1. The largest absolute Gasteiger partial charge is 0.399 e. The van der Waals surface area contributed by atoms with Crippen molar-refractivity contribution in [2.75, 3.05) is 12.3 Å². The highest BCUT2D eigenvalue weighted by Crippen LogP contribution is 2.23. The highest BCUT2D eigenvalue weighted by molar-refractivity contribution is 5.80. The lowest BCUT2D eigenvalue weighted by atomic mass is 10.2. The lowest BCUT2D eigenvalue weighted by molar-refractivity contribution is -0.121. The van der Waals surface area contributed by atoms with Gasteiger partial charge in [0.05, 0.1) is 11.0 Å². The number of aliphatic hydroxyl groups excluding tert-OH is 1. The molecule has 1 unspecified atom stereocenters. The van der Waals surface area contributed by atoms with Gasteiger partial charge in [-0.15, -0.1) is 0 Å². The second-order valence-electron chi connectivity index (χ2n) is 4.75. The van der Waals surface area contributed by atoms with Crippen molar-refractivity contribution >= 4 is 22.6 Å². The molecule has 108 valence electrons. The molecule has 0 spiro atoms. The van der Waals surface area contributed by atoms with Crippen molar-refractivity contribution < 1.29 is 9.90 Å². The van der Waals surface area contributed by atoms with Crippen LogP contribution in [0.1, 0.15) is 32.2 Å². The number of carbonyl (C=O) groups is 1. The van der Waals surface area contributed by atoms with E-state index in [1.807, 2.05) is 17.6 Å². The summed E-state index contributed by atoms with van der Waals surface area (Å²) >= 11 is 0. The third kappa shape index (κ3) is 2.91. The van der Waals surface area contributed by atoms with Crippen LogP contribution >= 0.6 is 0 Å². The van der Waals surface area contributed by atoms with Crippen LogP contribution in [0.4, 0.5) is 5.69 Å². The summed E-state index contributed by atoms with van der Waals surface area (Å²) < 4.78 is 1.87. The lowest BCUT2D eigenvalue weighted by Crippen LogP contribution is -2.24. The molecule has 0 saturated heterocycles. The number of aromatic nitrogens is 2. The number of aryl methyl sites for hydroxylation is 1. The van der Waals surface area contributed by atoms with Crippen LogP contribution in [0, 0.1) is 0 Å². The molecule has 0 aliphatic carbocycles. The van der Waals surface area contributed by atoms with Crippen LogP contribution in [0.3, 0.4) is 0 Å². The number of anilines is 1. The molecule has 1 aromatic carbocycles. The van der Waals surface area contributed by atoms with Gasteiger partial charge in [-0.05, 0) is 32.0 Å². The molecule has 1 aromatic heterocycles. The Labute approximate surface area is 117 Å². The van der Waals surface area contributed by atoms with Crippen molar-refractivity contribution in [2.24, 2.45) is 0 Å². The number of amides is 1. The molecule has 4 N–H and O–H groups in total. The Morgan fingerprint density at radius 3 is 2.95 bits per heavy atom. The van der Waals surface area contributed by atoms with Gasteiger partial charge in [-0.2, -0.15) is 0 Å². The van der Waals surface area contributed by atoms with E-state index in [0.29, 0.717) is 31.0 Å². The monoisotopic (exact) mass is 276 g/mol. The fraction of sp³-hybridized carbons (Fsp3) is 0.429. The molecule has 0 aliphatic heterocycles. The topological polar surface area (TPSA) is 93.2 Å². The van der Waals surface area contributed by atoms with Crippen molar-refractivity contribution in [1.29, 1.82) is 0 Å². The second kappa shape index (κ2) is 5.92. The number of rotatable bonds is 5. The Kier molecular flexibility index (Phi) is 4.24. The molecule has 1 amide bonds. The van der Waals surface area contributed by atoms with E-state index in [4.69, 9.17) is 5.73 Å². The van der Waals surface area contributed by atoms with E-state index >= 15 is 0 Å². The first-order valence-electron chi connectivity index (χ1n) is 6.73. The zero-order chi connectivity index (χ0) is 14.7. The zero-order valence-corrected chi connectivity index (χ0v) is 11.8. The van der Waals surface area contributed by atoms with Crippen molar-refractivity contribution in [3.05, 3.63) is 24.0 Å². The van der Waals surface area contributed by atoms with Crippen LogP contribution in [0.5, 0.6) is 0 Å². The van der Waals surface area contributed by atoms with Gasteiger partial charge >= 0.3 is 0 Å². The molecule has 20 heavy (non-hydrogen) atoms. The normalized spacial score (nSPS) is 12.6. The minimum absolute atomic E-state index is 0.0127. The van der Waals surface area contributed by atoms with Gasteiger partial charge < -0.3 is 20.7 Å². The minimum atomic E-state index is -0.696. The summed E-state index contributed by atoms with van der Waals surface area (Å²) in [4.78, 5) is 16.0. The first-order valence-corrected chi connectivity index (χ1v) is 6.73.